The molecule has 0 bridgehead atoms. The zero-order valence-corrected chi connectivity index (χ0v) is 10.7. The number of nitrogens with zero attached hydrogens (tertiary/aromatic N) is 3. The third-order valence-electron chi connectivity index (χ3n) is 2.30. The number of halogens is 1. The topological polar surface area (TPSA) is 73.8 Å². The number of aromatic nitrogens is 3. The van der Waals surface area contributed by atoms with E-state index in [9.17, 15) is 4.21 Å². The third kappa shape index (κ3) is 2.65. The molecule has 0 aliphatic rings. The Labute approximate surface area is 106 Å². The van der Waals surface area contributed by atoms with Crippen molar-refractivity contribution in [1.82, 2.24) is 14.8 Å². The number of hydrogen-bond donors (Lipinski definition) is 1. The van der Waals surface area contributed by atoms with Gasteiger partial charge in [0.15, 0.2) is 0 Å². The van der Waals surface area contributed by atoms with Crippen LogP contribution in [-0.4, -0.2) is 19.0 Å². The molecule has 0 radical (unpaired) electrons. The zero-order chi connectivity index (χ0) is 12.4. The van der Waals surface area contributed by atoms with Crippen molar-refractivity contribution in [1.29, 1.82) is 0 Å². The predicted octanol–water partition coefficient (Wildman–Crippen LogP) is 1.36. The quantitative estimate of drug-likeness (QED) is 0.855. The SMILES string of the molecule is Cn1ncnc1CS(=O)c1ccc(N)c(Cl)c1. The predicted molar refractivity (Wildman–Crippen MR) is 67.0 cm³/mol. The fourth-order valence-electron chi connectivity index (χ4n) is 1.30. The first-order chi connectivity index (χ1) is 8.08. The van der Waals surface area contributed by atoms with Gasteiger partial charge in [-0.05, 0) is 18.2 Å². The van der Waals surface area contributed by atoms with E-state index in [0.717, 1.165) is 0 Å². The fraction of sp³-hybridized carbons (Fsp3) is 0.200. The van der Waals surface area contributed by atoms with Crippen LogP contribution in [0.15, 0.2) is 29.4 Å². The van der Waals surface area contributed by atoms with Crippen molar-refractivity contribution < 1.29 is 4.21 Å². The Kier molecular flexibility index (Phi) is 3.44. The summed E-state index contributed by atoms with van der Waals surface area (Å²) in [6, 6.07) is 4.96. The molecular weight excluding hydrogens is 260 g/mol. The third-order valence-corrected chi connectivity index (χ3v) is 3.93. The molecule has 2 aromatic rings. The number of nitrogen functional groups attached to an aromatic ring is 1. The number of anilines is 1. The monoisotopic (exact) mass is 270 g/mol. The fourth-order valence-corrected chi connectivity index (χ4v) is 2.68. The Morgan fingerprint density at radius 2 is 2.29 bits per heavy atom. The van der Waals surface area contributed by atoms with Crippen LogP contribution in [0.25, 0.3) is 0 Å². The van der Waals surface area contributed by atoms with Crippen molar-refractivity contribution in [3.05, 3.63) is 35.4 Å². The van der Waals surface area contributed by atoms with Gasteiger partial charge in [0.25, 0.3) is 0 Å². The summed E-state index contributed by atoms with van der Waals surface area (Å²) >= 11 is 5.88. The van der Waals surface area contributed by atoms with Gasteiger partial charge in [-0.2, -0.15) is 5.10 Å². The van der Waals surface area contributed by atoms with Crippen LogP contribution in [0.3, 0.4) is 0 Å². The second-order valence-electron chi connectivity index (χ2n) is 3.47. The molecule has 2 N–H and O–H groups in total. The summed E-state index contributed by atoms with van der Waals surface area (Å²) in [5.74, 6) is 0.966. The summed E-state index contributed by atoms with van der Waals surface area (Å²) in [7, 11) is 0.554. The average molecular weight is 271 g/mol. The molecule has 0 amide bonds. The van der Waals surface area contributed by atoms with E-state index in [4.69, 9.17) is 17.3 Å². The number of nitrogens with two attached hydrogens (primary N) is 1. The normalized spacial score (nSPS) is 12.6. The average Bonchev–Trinajstić information content (AvgIpc) is 2.68. The minimum atomic E-state index is -1.20. The lowest BCUT2D eigenvalue weighted by Crippen LogP contribution is -2.04. The van der Waals surface area contributed by atoms with Gasteiger partial charge in [-0.3, -0.25) is 8.89 Å². The van der Waals surface area contributed by atoms with Gasteiger partial charge in [-0.1, -0.05) is 11.6 Å². The Bertz CT molecular complexity index is 569. The van der Waals surface area contributed by atoms with Gasteiger partial charge in [0.1, 0.15) is 12.2 Å². The molecule has 90 valence electrons. The van der Waals surface area contributed by atoms with Crippen molar-refractivity contribution in [3.63, 3.8) is 0 Å². The van der Waals surface area contributed by atoms with Gasteiger partial charge in [0, 0.05) is 11.9 Å². The lowest BCUT2D eigenvalue weighted by atomic mass is 10.3. The van der Waals surface area contributed by atoms with E-state index in [-0.39, 0.29) is 0 Å². The van der Waals surface area contributed by atoms with Gasteiger partial charge >= 0.3 is 0 Å². The summed E-state index contributed by atoms with van der Waals surface area (Å²) in [5.41, 5.74) is 6.07. The van der Waals surface area contributed by atoms with Crippen LogP contribution >= 0.6 is 11.6 Å². The number of benzene rings is 1. The van der Waals surface area contributed by atoms with Gasteiger partial charge < -0.3 is 5.73 Å². The standard InChI is InChI=1S/C10H11ClN4OS/c1-15-10(13-6-14-15)5-17(16)7-2-3-9(12)8(11)4-7/h2-4,6H,5,12H2,1H3. The molecule has 1 unspecified atom stereocenters. The highest BCUT2D eigenvalue weighted by Crippen LogP contribution is 2.22. The minimum Gasteiger partial charge on any atom is -0.398 e. The summed E-state index contributed by atoms with van der Waals surface area (Å²) in [4.78, 5) is 4.65. The van der Waals surface area contributed by atoms with Gasteiger partial charge in [-0.15, -0.1) is 0 Å². The van der Waals surface area contributed by atoms with Crippen LogP contribution in [0.2, 0.25) is 5.02 Å². The Morgan fingerprint density at radius 3 is 2.88 bits per heavy atom. The first-order valence-corrected chi connectivity index (χ1v) is 6.54. The molecule has 17 heavy (non-hydrogen) atoms. The largest absolute Gasteiger partial charge is 0.398 e. The minimum absolute atomic E-state index is 0.302. The number of aryl methyl sites for hydroxylation is 1. The van der Waals surface area contributed by atoms with Gasteiger partial charge in [0.2, 0.25) is 0 Å². The van der Waals surface area contributed by atoms with Crippen LogP contribution < -0.4 is 5.73 Å². The highest BCUT2D eigenvalue weighted by atomic mass is 35.5. The molecule has 0 aliphatic heterocycles. The van der Waals surface area contributed by atoms with E-state index < -0.39 is 10.8 Å². The maximum atomic E-state index is 12.1. The molecule has 0 fully saturated rings. The van der Waals surface area contributed by atoms with E-state index in [1.165, 1.54) is 6.33 Å². The molecule has 2 rings (SSSR count). The zero-order valence-electron chi connectivity index (χ0n) is 9.13. The summed E-state index contributed by atoms with van der Waals surface area (Å²) in [5, 5.41) is 4.33. The summed E-state index contributed by atoms with van der Waals surface area (Å²) in [6.07, 6.45) is 1.43. The first kappa shape index (κ1) is 12.1. The second kappa shape index (κ2) is 4.85. The van der Waals surface area contributed by atoms with Crippen molar-refractivity contribution in [2.45, 2.75) is 10.6 Å². The van der Waals surface area contributed by atoms with Crippen molar-refractivity contribution in [3.8, 4) is 0 Å². The smallest absolute Gasteiger partial charge is 0.139 e. The maximum absolute atomic E-state index is 12.1. The number of hydrogen-bond acceptors (Lipinski definition) is 4. The molecule has 1 atom stereocenters. The molecule has 1 aromatic carbocycles. The van der Waals surface area contributed by atoms with E-state index >= 15 is 0 Å². The van der Waals surface area contributed by atoms with Crippen LogP contribution in [-0.2, 0) is 23.6 Å². The lowest BCUT2D eigenvalue weighted by molar-refractivity contribution is 0.675. The molecule has 5 nitrogen and oxygen atoms in total. The van der Waals surface area contributed by atoms with Gasteiger partial charge in [-0.25, -0.2) is 4.98 Å². The summed E-state index contributed by atoms with van der Waals surface area (Å²) < 4.78 is 13.7. The Hall–Kier alpha value is -1.40. The molecule has 7 heteroatoms. The van der Waals surface area contributed by atoms with Crippen LogP contribution in [0.1, 0.15) is 5.82 Å². The molecule has 0 saturated heterocycles. The molecule has 0 saturated carbocycles. The molecule has 0 spiro atoms. The molecular formula is C10H11ClN4OS. The van der Waals surface area contributed by atoms with E-state index in [2.05, 4.69) is 10.1 Å². The van der Waals surface area contributed by atoms with Crippen molar-refractivity contribution in [2.24, 2.45) is 7.05 Å². The first-order valence-electron chi connectivity index (χ1n) is 4.84. The van der Waals surface area contributed by atoms with E-state index in [1.54, 1.807) is 29.9 Å². The van der Waals surface area contributed by atoms with E-state index in [1.807, 2.05) is 0 Å². The Morgan fingerprint density at radius 1 is 1.53 bits per heavy atom. The van der Waals surface area contributed by atoms with Crippen LogP contribution in [0.5, 0.6) is 0 Å². The van der Waals surface area contributed by atoms with Crippen LogP contribution in [0.4, 0.5) is 5.69 Å². The molecule has 1 aromatic heterocycles. The molecule has 0 aliphatic carbocycles. The highest BCUT2D eigenvalue weighted by Gasteiger charge is 2.10. The second-order valence-corrected chi connectivity index (χ2v) is 5.33. The van der Waals surface area contributed by atoms with Gasteiger partial charge in [0.05, 0.1) is 27.3 Å². The molecule has 1 heterocycles. The summed E-state index contributed by atoms with van der Waals surface area (Å²) in [6.45, 7) is 0. The van der Waals surface area contributed by atoms with E-state index in [0.29, 0.717) is 27.2 Å². The Balaban J connectivity index is 2.20. The number of rotatable bonds is 3. The maximum Gasteiger partial charge on any atom is 0.139 e. The van der Waals surface area contributed by atoms with Crippen molar-refractivity contribution >= 4 is 28.1 Å². The van der Waals surface area contributed by atoms with Crippen molar-refractivity contribution in [2.75, 3.05) is 5.73 Å². The lowest BCUT2D eigenvalue weighted by Gasteiger charge is -2.04. The van der Waals surface area contributed by atoms with Crippen LogP contribution in [0, 0.1) is 0 Å². The highest BCUT2D eigenvalue weighted by molar-refractivity contribution is 7.84.